The standard InChI is InChI=1S/C30H56N5O6P/c1-3-5-6-7-8-9-10-11-12-13-14-15-16-17-19-39-20-18-21-41-42(36,37)26-40-27(23-38-4-2)22-35-25-34-28-29(31)32-24-33-30(28)35/h24-25,27H,3-23,26H2,1-2H3,(H,36,37)(H2,31,32,33)/t27-/m1/s1. The van der Waals surface area contributed by atoms with Crippen LogP contribution < -0.4 is 5.73 Å². The molecule has 0 spiro atoms. The fourth-order valence-corrected chi connectivity index (χ4v) is 5.65. The van der Waals surface area contributed by atoms with E-state index in [-0.39, 0.29) is 19.0 Å². The van der Waals surface area contributed by atoms with Gasteiger partial charge in [-0.1, -0.05) is 90.4 Å². The van der Waals surface area contributed by atoms with Gasteiger partial charge in [-0.05, 0) is 19.8 Å². The Bertz CT molecular complexity index is 994. The van der Waals surface area contributed by atoms with E-state index in [1.165, 1.54) is 89.8 Å². The van der Waals surface area contributed by atoms with Crippen LogP contribution in [0.5, 0.6) is 0 Å². The van der Waals surface area contributed by atoms with Gasteiger partial charge in [-0.3, -0.25) is 4.57 Å². The average molecular weight is 614 g/mol. The Labute approximate surface area is 252 Å². The summed E-state index contributed by atoms with van der Waals surface area (Å²) >= 11 is 0. The van der Waals surface area contributed by atoms with Gasteiger partial charge in [-0.15, -0.1) is 0 Å². The van der Waals surface area contributed by atoms with Crippen molar-refractivity contribution in [3.05, 3.63) is 12.7 Å². The number of imidazole rings is 1. The summed E-state index contributed by atoms with van der Waals surface area (Å²) in [4.78, 5) is 22.7. The van der Waals surface area contributed by atoms with E-state index in [0.29, 0.717) is 37.3 Å². The number of aromatic nitrogens is 4. The van der Waals surface area contributed by atoms with E-state index in [0.717, 1.165) is 13.0 Å². The molecule has 42 heavy (non-hydrogen) atoms. The first-order valence-corrected chi connectivity index (χ1v) is 17.9. The summed E-state index contributed by atoms with van der Waals surface area (Å²) in [6, 6.07) is 0. The topological polar surface area (TPSA) is 144 Å². The van der Waals surface area contributed by atoms with Crippen LogP contribution in [0.15, 0.2) is 12.7 Å². The summed E-state index contributed by atoms with van der Waals surface area (Å²) < 4.78 is 36.4. The largest absolute Gasteiger partial charge is 0.382 e. The van der Waals surface area contributed by atoms with Gasteiger partial charge in [0.25, 0.3) is 0 Å². The maximum absolute atomic E-state index is 12.5. The zero-order valence-corrected chi connectivity index (χ0v) is 27.0. The smallest absolute Gasteiger partial charge is 0.353 e. The molecular formula is C30H56N5O6P. The van der Waals surface area contributed by atoms with Crippen LogP contribution in [0.3, 0.4) is 0 Å². The maximum Gasteiger partial charge on any atom is 0.353 e. The zero-order chi connectivity index (χ0) is 30.3. The van der Waals surface area contributed by atoms with Crippen molar-refractivity contribution >= 4 is 24.6 Å². The van der Waals surface area contributed by atoms with Crippen molar-refractivity contribution in [1.29, 1.82) is 0 Å². The van der Waals surface area contributed by atoms with E-state index in [2.05, 4.69) is 21.9 Å². The molecule has 2 rings (SSSR count). The molecule has 0 aliphatic rings. The molecule has 12 heteroatoms. The number of rotatable bonds is 28. The Morgan fingerprint density at radius 3 is 2.10 bits per heavy atom. The molecule has 11 nitrogen and oxygen atoms in total. The van der Waals surface area contributed by atoms with Gasteiger partial charge in [0, 0.05) is 19.8 Å². The first kappa shape index (κ1) is 36.6. The molecule has 2 heterocycles. The Kier molecular flexibility index (Phi) is 19.9. The molecule has 0 aliphatic heterocycles. The molecule has 0 aliphatic carbocycles. The number of nitrogen functional groups attached to an aromatic ring is 1. The predicted octanol–water partition coefficient (Wildman–Crippen LogP) is 6.88. The van der Waals surface area contributed by atoms with Crippen LogP contribution in [-0.2, 0) is 29.8 Å². The summed E-state index contributed by atoms with van der Waals surface area (Å²) in [6.07, 6.45) is 21.2. The van der Waals surface area contributed by atoms with Crippen LogP contribution in [0.1, 0.15) is 110 Å². The van der Waals surface area contributed by atoms with Gasteiger partial charge in [-0.2, -0.15) is 0 Å². The van der Waals surface area contributed by atoms with Crippen LogP contribution in [0, 0.1) is 0 Å². The van der Waals surface area contributed by atoms with Crippen molar-refractivity contribution in [1.82, 2.24) is 19.5 Å². The minimum absolute atomic E-state index is 0.133. The molecule has 2 aromatic rings. The van der Waals surface area contributed by atoms with E-state index >= 15 is 0 Å². The first-order chi connectivity index (χ1) is 20.5. The number of unbranched alkanes of at least 4 members (excludes halogenated alkanes) is 13. The van der Waals surface area contributed by atoms with E-state index < -0.39 is 20.0 Å². The number of fused-ring (bicyclic) bond motifs is 1. The number of hydrogen-bond donors (Lipinski definition) is 2. The van der Waals surface area contributed by atoms with Gasteiger partial charge in [0.15, 0.2) is 11.5 Å². The minimum atomic E-state index is -3.92. The van der Waals surface area contributed by atoms with Gasteiger partial charge >= 0.3 is 7.60 Å². The fraction of sp³-hybridized carbons (Fsp3) is 0.833. The van der Waals surface area contributed by atoms with E-state index in [1.54, 1.807) is 10.9 Å². The summed E-state index contributed by atoms with van der Waals surface area (Å²) in [6.45, 7) is 6.55. The number of ether oxygens (including phenoxy) is 3. The third-order valence-corrected chi connectivity index (χ3v) is 8.24. The van der Waals surface area contributed by atoms with Crippen molar-refractivity contribution in [3.8, 4) is 0 Å². The summed E-state index contributed by atoms with van der Waals surface area (Å²) in [7, 11) is -3.92. The zero-order valence-electron chi connectivity index (χ0n) is 26.1. The molecule has 0 saturated carbocycles. The summed E-state index contributed by atoms with van der Waals surface area (Å²) in [5.74, 6) is 0.290. The molecule has 3 N–H and O–H groups in total. The maximum atomic E-state index is 12.5. The van der Waals surface area contributed by atoms with Crippen molar-refractivity contribution < 1.29 is 28.2 Å². The predicted molar refractivity (Wildman–Crippen MR) is 167 cm³/mol. The van der Waals surface area contributed by atoms with Gasteiger partial charge in [0.05, 0.1) is 32.2 Å². The summed E-state index contributed by atoms with van der Waals surface area (Å²) in [5.41, 5.74) is 6.92. The van der Waals surface area contributed by atoms with Crippen molar-refractivity contribution in [2.75, 3.05) is 45.1 Å². The van der Waals surface area contributed by atoms with Crippen molar-refractivity contribution in [2.45, 2.75) is 123 Å². The molecule has 0 saturated heterocycles. The molecule has 0 radical (unpaired) electrons. The highest BCUT2D eigenvalue weighted by atomic mass is 31.2. The fourth-order valence-electron chi connectivity index (χ4n) is 4.76. The molecule has 242 valence electrons. The van der Waals surface area contributed by atoms with Crippen LogP contribution in [0.4, 0.5) is 5.82 Å². The third kappa shape index (κ3) is 16.3. The Morgan fingerprint density at radius 1 is 0.833 bits per heavy atom. The van der Waals surface area contributed by atoms with E-state index in [9.17, 15) is 9.46 Å². The van der Waals surface area contributed by atoms with Crippen molar-refractivity contribution in [2.24, 2.45) is 0 Å². The average Bonchev–Trinajstić information content (AvgIpc) is 3.39. The molecule has 1 unspecified atom stereocenters. The van der Waals surface area contributed by atoms with Gasteiger partial charge in [0.2, 0.25) is 0 Å². The lowest BCUT2D eigenvalue weighted by Gasteiger charge is -2.20. The molecule has 2 atom stereocenters. The van der Waals surface area contributed by atoms with Crippen LogP contribution >= 0.6 is 7.60 Å². The van der Waals surface area contributed by atoms with E-state index in [4.69, 9.17) is 24.5 Å². The molecule has 0 fully saturated rings. The second kappa shape index (κ2) is 22.9. The monoisotopic (exact) mass is 613 g/mol. The molecule has 0 amide bonds. The molecule has 0 bridgehead atoms. The van der Waals surface area contributed by atoms with Crippen LogP contribution in [0.2, 0.25) is 0 Å². The van der Waals surface area contributed by atoms with Crippen LogP contribution in [0.25, 0.3) is 11.2 Å². The van der Waals surface area contributed by atoms with E-state index in [1.807, 2.05) is 6.92 Å². The highest BCUT2D eigenvalue weighted by Crippen LogP contribution is 2.42. The highest BCUT2D eigenvalue weighted by molar-refractivity contribution is 7.52. The lowest BCUT2D eigenvalue weighted by Crippen LogP contribution is -2.26. The molecule has 0 aromatic carbocycles. The number of nitrogens with two attached hydrogens (primary N) is 1. The quantitative estimate of drug-likeness (QED) is 0.0770. The second-order valence-corrected chi connectivity index (χ2v) is 12.7. The normalized spacial score (nSPS) is 14.0. The molecular weight excluding hydrogens is 557 g/mol. The lowest BCUT2D eigenvalue weighted by molar-refractivity contribution is -0.00983. The number of hydrogen-bond acceptors (Lipinski definition) is 9. The second-order valence-electron chi connectivity index (χ2n) is 10.9. The van der Waals surface area contributed by atoms with Gasteiger partial charge in [0.1, 0.15) is 18.2 Å². The van der Waals surface area contributed by atoms with Gasteiger partial charge < -0.3 is 33.9 Å². The van der Waals surface area contributed by atoms with Gasteiger partial charge in [-0.25, -0.2) is 15.0 Å². The number of anilines is 1. The van der Waals surface area contributed by atoms with Crippen molar-refractivity contribution in [3.63, 3.8) is 0 Å². The van der Waals surface area contributed by atoms with Crippen LogP contribution in [-0.4, -0.2) is 69.9 Å². The summed E-state index contributed by atoms with van der Waals surface area (Å²) in [5, 5.41) is 0. The Morgan fingerprint density at radius 2 is 1.45 bits per heavy atom. The Hall–Kier alpha value is -1.62. The number of nitrogens with zero attached hydrogens (tertiary/aromatic N) is 4. The lowest BCUT2D eigenvalue weighted by atomic mass is 10.0. The third-order valence-electron chi connectivity index (χ3n) is 7.18. The minimum Gasteiger partial charge on any atom is -0.382 e. The Balaban J connectivity index is 1.47. The molecule has 2 aromatic heterocycles. The highest BCUT2D eigenvalue weighted by Gasteiger charge is 2.23. The SMILES string of the molecule is CCCCCCCCCCCCCCCCOCCCOP(=O)(O)CO[C@@H](COCC)Cn1cnc2c(N)ncnc21. The first-order valence-electron chi connectivity index (χ1n) is 16.1.